The number of fused-ring (bicyclic) bond motifs is 1. The number of rotatable bonds is 2. The largest absolute Gasteiger partial charge is 0.397 e. The minimum absolute atomic E-state index is 0.131. The van der Waals surface area contributed by atoms with Crippen LogP contribution in [-0.2, 0) is 0 Å². The van der Waals surface area contributed by atoms with Gasteiger partial charge in [0, 0.05) is 17.6 Å². The van der Waals surface area contributed by atoms with E-state index in [1.807, 2.05) is 19.1 Å². The van der Waals surface area contributed by atoms with Crippen LogP contribution in [0.3, 0.4) is 0 Å². The Morgan fingerprint density at radius 2 is 2.04 bits per heavy atom. The zero-order chi connectivity index (χ0) is 16.7. The summed E-state index contributed by atoms with van der Waals surface area (Å²) in [7, 11) is 1.55. The molecule has 0 bridgehead atoms. The van der Waals surface area contributed by atoms with Crippen LogP contribution < -0.4 is 16.8 Å². The highest BCUT2D eigenvalue weighted by Gasteiger charge is 2.21. The number of carbonyl (C=O) groups is 1. The first-order valence-electron chi connectivity index (χ1n) is 6.76. The van der Waals surface area contributed by atoms with Crippen molar-refractivity contribution in [2.24, 2.45) is 0 Å². The average molecular weight is 348 g/mol. The number of nitrogens with one attached hydrogen (secondary N) is 1. The molecule has 3 aromatic rings. The van der Waals surface area contributed by atoms with Crippen LogP contribution in [0.15, 0.2) is 18.2 Å². The lowest BCUT2D eigenvalue weighted by Crippen LogP contribution is -2.17. The molecule has 2 aromatic heterocycles. The van der Waals surface area contributed by atoms with Crippen LogP contribution in [0.25, 0.3) is 21.5 Å². The average Bonchev–Trinajstić information content (AvgIpc) is 2.82. The normalized spacial score (nSPS) is 10.9. The molecule has 1 amide bonds. The quantitative estimate of drug-likeness (QED) is 0.660. The Balaban J connectivity index is 2.36. The van der Waals surface area contributed by atoms with Gasteiger partial charge in [0.05, 0.1) is 16.8 Å². The van der Waals surface area contributed by atoms with Crippen molar-refractivity contribution in [3.05, 3.63) is 33.7 Å². The van der Waals surface area contributed by atoms with Gasteiger partial charge in [-0.15, -0.1) is 11.3 Å². The molecule has 0 aliphatic carbocycles. The number of nitrogen functional groups attached to an aromatic ring is 2. The first kappa shape index (κ1) is 15.5. The van der Waals surface area contributed by atoms with E-state index in [0.717, 1.165) is 11.1 Å². The summed E-state index contributed by atoms with van der Waals surface area (Å²) in [6.45, 7) is 1.92. The molecule has 3 rings (SSSR count). The molecule has 2 heterocycles. The van der Waals surface area contributed by atoms with Gasteiger partial charge in [0.15, 0.2) is 0 Å². The summed E-state index contributed by atoms with van der Waals surface area (Å²) in [5.41, 5.74) is 14.8. The van der Waals surface area contributed by atoms with Crippen LogP contribution in [0.4, 0.5) is 11.6 Å². The minimum Gasteiger partial charge on any atom is -0.397 e. The van der Waals surface area contributed by atoms with Gasteiger partial charge < -0.3 is 16.8 Å². The smallest absolute Gasteiger partial charge is 0.263 e. The summed E-state index contributed by atoms with van der Waals surface area (Å²) >= 11 is 7.21. The highest BCUT2D eigenvalue weighted by molar-refractivity contribution is 7.21. The standard InChI is InChI=1S/C15H14ClN5OS/c1-6-5-7(16)3-4-8(6)11-9-10(17)12(13(22)19-2)23-14(9)21-15(18)20-11/h3-5H,17H2,1-2H3,(H,19,22)(H2,18,20,21). The number of carbonyl (C=O) groups excluding carboxylic acids is 1. The highest BCUT2D eigenvalue weighted by atomic mass is 35.5. The molecule has 0 unspecified atom stereocenters. The van der Waals surface area contributed by atoms with Crippen molar-refractivity contribution in [1.29, 1.82) is 0 Å². The molecule has 23 heavy (non-hydrogen) atoms. The maximum Gasteiger partial charge on any atom is 0.263 e. The summed E-state index contributed by atoms with van der Waals surface area (Å²) in [5, 5.41) is 3.84. The zero-order valence-corrected chi connectivity index (χ0v) is 14.0. The number of nitrogens with two attached hydrogens (primary N) is 2. The van der Waals surface area contributed by atoms with Gasteiger partial charge in [0.25, 0.3) is 5.91 Å². The van der Waals surface area contributed by atoms with E-state index < -0.39 is 0 Å². The maximum atomic E-state index is 12.0. The molecule has 0 spiro atoms. The van der Waals surface area contributed by atoms with Crippen molar-refractivity contribution in [2.75, 3.05) is 18.5 Å². The Labute approximate surface area is 141 Å². The third-order valence-electron chi connectivity index (χ3n) is 3.48. The topological polar surface area (TPSA) is 107 Å². The monoisotopic (exact) mass is 347 g/mol. The number of amides is 1. The van der Waals surface area contributed by atoms with Crippen molar-refractivity contribution < 1.29 is 4.79 Å². The van der Waals surface area contributed by atoms with Crippen molar-refractivity contribution in [1.82, 2.24) is 15.3 Å². The van der Waals surface area contributed by atoms with E-state index in [9.17, 15) is 4.79 Å². The predicted octanol–water partition coefficient (Wildman–Crippen LogP) is 2.84. The van der Waals surface area contributed by atoms with Crippen LogP contribution in [0.1, 0.15) is 15.2 Å². The highest BCUT2D eigenvalue weighted by Crippen LogP contribution is 2.39. The van der Waals surface area contributed by atoms with Crippen molar-refractivity contribution in [3.8, 4) is 11.3 Å². The van der Waals surface area contributed by atoms with E-state index in [0.29, 0.717) is 31.5 Å². The Morgan fingerprint density at radius 3 is 2.70 bits per heavy atom. The third-order valence-corrected chi connectivity index (χ3v) is 4.82. The first-order valence-corrected chi connectivity index (χ1v) is 7.96. The minimum atomic E-state index is -0.261. The molecule has 118 valence electrons. The second-order valence-corrected chi connectivity index (χ2v) is 6.43. The lowest BCUT2D eigenvalue weighted by atomic mass is 10.0. The summed E-state index contributed by atoms with van der Waals surface area (Å²) in [6.07, 6.45) is 0. The van der Waals surface area contributed by atoms with Crippen LogP contribution in [-0.4, -0.2) is 22.9 Å². The van der Waals surface area contributed by atoms with Gasteiger partial charge in [0.1, 0.15) is 9.71 Å². The van der Waals surface area contributed by atoms with Gasteiger partial charge in [0.2, 0.25) is 5.95 Å². The molecule has 0 saturated heterocycles. The number of hydrogen-bond donors (Lipinski definition) is 3. The van der Waals surface area contributed by atoms with Crippen molar-refractivity contribution >= 4 is 50.7 Å². The van der Waals surface area contributed by atoms with Gasteiger partial charge in [-0.1, -0.05) is 17.7 Å². The third kappa shape index (κ3) is 2.58. The van der Waals surface area contributed by atoms with Crippen LogP contribution in [0, 0.1) is 6.92 Å². The number of benzene rings is 1. The molecule has 6 nitrogen and oxygen atoms in total. The summed E-state index contributed by atoms with van der Waals surface area (Å²) in [5.74, 6) is -0.130. The maximum absolute atomic E-state index is 12.0. The zero-order valence-electron chi connectivity index (χ0n) is 12.5. The van der Waals surface area contributed by atoms with E-state index in [-0.39, 0.29) is 11.9 Å². The number of nitrogens with zero attached hydrogens (tertiary/aromatic N) is 2. The van der Waals surface area contributed by atoms with Gasteiger partial charge in [-0.05, 0) is 24.6 Å². The van der Waals surface area contributed by atoms with Crippen molar-refractivity contribution in [2.45, 2.75) is 6.92 Å². The number of anilines is 2. The van der Waals surface area contributed by atoms with Crippen LogP contribution >= 0.6 is 22.9 Å². The molecule has 0 fully saturated rings. The molecule has 0 aliphatic heterocycles. The van der Waals surface area contributed by atoms with E-state index in [1.54, 1.807) is 13.1 Å². The summed E-state index contributed by atoms with van der Waals surface area (Å²) in [6, 6.07) is 5.47. The number of aromatic nitrogens is 2. The number of aryl methyl sites for hydroxylation is 1. The van der Waals surface area contributed by atoms with E-state index in [4.69, 9.17) is 23.1 Å². The molecule has 0 aliphatic rings. The molecule has 8 heteroatoms. The van der Waals surface area contributed by atoms with Crippen molar-refractivity contribution in [3.63, 3.8) is 0 Å². The summed E-state index contributed by atoms with van der Waals surface area (Å²) in [4.78, 5) is 21.5. The van der Waals surface area contributed by atoms with E-state index >= 15 is 0 Å². The number of hydrogen-bond acceptors (Lipinski definition) is 6. The van der Waals surface area contributed by atoms with E-state index in [1.165, 1.54) is 11.3 Å². The second kappa shape index (κ2) is 5.68. The van der Waals surface area contributed by atoms with E-state index in [2.05, 4.69) is 15.3 Å². The Morgan fingerprint density at radius 1 is 1.30 bits per heavy atom. The fourth-order valence-corrected chi connectivity index (χ4v) is 3.68. The molecule has 0 atom stereocenters. The Hall–Kier alpha value is -2.38. The SMILES string of the molecule is CNC(=O)c1sc2nc(N)nc(-c3ccc(Cl)cc3C)c2c1N. The molecule has 0 saturated carbocycles. The van der Waals surface area contributed by atoms with Crippen LogP contribution in [0.5, 0.6) is 0 Å². The molecule has 0 radical (unpaired) electrons. The molecular formula is C15H14ClN5OS. The van der Waals surface area contributed by atoms with Gasteiger partial charge in [-0.25, -0.2) is 9.97 Å². The van der Waals surface area contributed by atoms with Gasteiger partial charge >= 0.3 is 0 Å². The lowest BCUT2D eigenvalue weighted by molar-refractivity contribution is 0.0968. The second-order valence-electron chi connectivity index (χ2n) is 4.99. The van der Waals surface area contributed by atoms with Gasteiger partial charge in [-0.2, -0.15) is 0 Å². The first-order chi connectivity index (χ1) is 10.9. The molecule has 1 aromatic carbocycles. The molecular weight excluding hydrogens is 334 g/mol. The Kier molecular flexibility index (Phi) is 3.83. The summed E-state index contributed by atoms with van der Waals surface area (Å²) < 4.78 is 0. The predicted molar refractivity (Wildman–Crippen MR) is 94.8 cm³/mol. The number of thiophene rings is 1. The van der Waals surface area contributed by atoms with Gasteiger partial charge in [-0.3, -0.25) is 4.79 Å². The fraction of sp³-hybridized carbons (Fsp3) is 0.133. The number of halogens is 1. The lowest BCUT2D eigenvalue weighted by Gasteiger charge is -2.08. The fourth-order valence-electron chi connectivity index (χ4n) is 2.41. The molecule has 5 N–H and O–H groups in total. The Bertz CT molecular complexity index is 937. The van der Waals surface area contributed by atoms with Crippen LogP contribution in [0.2, 0.25) is 5.02 Å².